The molecule has 1 fully saturated rings. The van der Waals surface area contributed by atoms with Crippen molar-refractivity contribution < 1.29 is 8.42 Å². The van der Waals surface area contributed by atoms with E-state index in [9.17, 15) is 8.42 Å². The summed E-state index contributed by atoms with van der Waals surface area (Å²) >= 11 is 0. The van der Waals surface area contributed by atoms with E-state index in [0.29, 0.717) is 18.2 Å². The van der Waals surface area contributed by atoms with Crippen molar-refractivity contribution in [3.05, 3.63) is 29.8 Å². The second-order valence-corrected chi connectivity index (χ2v) is 8.10. The number of nitrogens with zero attached hydrogens (tertiary/aromatic N) is 2. The second-order valence-electron chi connectivity index (χ2n) is 6.03. The second kappa shape index (κ2) is 6.77. The minimum atomic E-state index is -3.28. The molecule has 0 bridgehead atoms. The molecule has 0 atom stereocenters. The van der Waals surface area contributed by atoms with E-state index in [0.717, 1.165) is 31.5 Å². The van der Waals surface area contributed by atoms with Gasteiger partial charge in [0.2, 0.25) is 10.0 Å². The minimum absolute atomic E-state index is 0.0150. The van der Waals surface area contributed by atoms with Gasteiger partial charge in [-0.05, 0) is 56.6 Å². The van der Waals surface area contributed by atoms with E-state index >= 15 is 0 Å². The smallest absolute Gasteiger partial charge is 0.218 e. The summed E-state index contributed by atoms with van der Waals surface area (Å²) in [4.78, 5) is 2.29. The van der Waals surface area contributed by atoms with Crippen molar-refractivity contribution in [3.8, 4) is 0 Å². The van der Waals surface area contributed by atoms with Gasteiger partial charge in [0.25, 0.3) is 0 Å². The van der Waals surface area contributed by atoms with Gasteiger partial charge in [-0.25, -0.2) is 12.7 Å². The van der Waals surface area contributed by atoms with Gasteiger partial charge in [-0.1, -0.05) is 12.1 Å². The maximum atomic E-state index is 12.4. The van der Waals surface area contributed by atoms with Crippen molar-refractivity contribution in [1.82, 2.24) is 9.21 Å². The van der Waals surface area contributed by atoms with Crippen LogP contribution in [-0.4, -0.2) is 51.4 Å². The Kier molecular flexibility index (Phi) is 5.24. The fourth-order valence-corrected chi connectivity index (χ4v) is 3.98. The molecule has 2 N–H and O–H groups in total. The summed E-state index contributed by atoms with van der Waals surface area (Å²) in [6.07, 6.45) is 2.13. The molecule has 118 valence electrons. The number of rotatable bonds is 5. The summed E-state index contributed by atoms with van der Waals surface area (Å²) in [5, 5.41) is 0. The molecule has 6 heteroatoms. The van der Waals surface area contributed by atoms with Crippen LogP contribution in [0.5, 0.6) is 0 Å². The third-order valence-corrected chi connectivity index (χ3v) is 5.93. The standard InChI is InChI=1S/C15H25N3O2S/c1-17-8-6-13(7-9-17)11-18(2)21(19,20)12-14-4-3-5-15(16)10-14/h3-5,10,13H,6-9,11-12,16H2,1-2H3. The highest BCUT2D eigenvalue weighted by atomic mass is 32.2. The third-order valence-electron chi connectivity index (χ3n) is 4.13. The summed E-state index contributed by atoms with van der Waals surface area (Å²) in [7, 11) is 0.509. The highest BCUT2D eigenvalue weighted by Crippen LogP contribution is 2.19. The Morgan fingerprint density at radius 1 is 1.33 bits per heavy atom. The molecule has 1 aromatic carbocycles. The van der Waals surface area contributed by atoms with E-state index in [1.807, 2.05) is 0 Å². The van der Waals surface area contributed by atoms with E-state index in [4.69, 9.17) is 5.73 Å². The van der Waals surface area contributed by atoms with Gasteiger partial charge >= 0.3 is 0 Å². The number of nitrogens with two attached hydrogens (primary N) is 1. The predicted molar refractivity (Wildman–Crippen MR) is 86.3 cm³/mol. The molecule has 0 unspecified atom stereocenters. The first-order chi connectivity index (χ1) is 9.87. The zero-order valence-corrected chi connectivity index (χ0v) is 13.6. The average molecular weight is 311 g/mol. The lowest BCUT2D eigenvalue weighted by atomic mass is 9.97. The molecule has 0 aliphatic carbocycles. The molecular weight excluding hydrogens is 286 g/mol. The molecule has 0 saturated carbocycles. The SMILES string of the molecule is CN1CCC(CN(C)S(=O)(=O)Cc2cccc(N)c2)CC1. The van der Waals surface area contributed by atoms with Crippen molar-refractivity contribution in [2.75, 3.05) is 39.5 Å². The molecule has 2 rings (SSSR count). The summed E-state index contributed by atoms with van der Waals surface area (Å²) in [6.45, 7) is 2.71. The van der Waals surface area contributed by atoms with Crippen LogP contribution in [0.3, 0.4) is 0 Å². The van der Waals surface area contributed by atoms with Crippen LogP contribution in [0.25, 0.3) is 0 Å². The molecule has 0 aromatic heterocycles. The van der Waals surface area contributed by atoms with Gasteiger partial charge in [0.05, 0.1) is 5.75 Å². The molecule has 1 aromatic rings. The molecule has 1 heterocycles. The number of piperidine rings is 1. The largest absolute Gasteiger partial charge is 0.399 e. The van der Waals surface area contributed by atoms with Crippen molar-refractivity contribution >= 4 is 15.7 Å². The Hall–Kier alpha value is -1.11. The molecule has 5 nitrogen and oxygen atoms in total. The average Bonchev–Trinajstić information content (AvgIpc) is 2.41. The number of nitrogen functional groups attached to an aromatic ring is 1. The van der Waals surface area contributed by atoms with Crippen LogP contribution in [-0.2, 0) is 15.8 Å². The molecular formula is C15H25N3O2S. The van der Waals surface area contributed by atoms with Crippen LogP contribution < -0.4 is 5.73 Å². The fraction of sp³-hybridized carbons (Fsp3) is 0.600. The number of sulfonamides is 1. The first-order valence-corrected chi connectivity index (χ1v) is 8.95. The lowest BCUT2D eigenvalue weighted by Crippen LogP contribution is -2.38. The maximum Gasteiger partial charge on any atom is 0.218 e. The normalized spacial score (nSPS) is 18.2. The number of likely N-dealkylation sites (tertiary alicyclic amines) is 1. The number of hydrogen-bond donors (Lipinski definition) is 1. The number of hydrogen-bond acceptors (Lipinski definition) is 4. The number of benzene rings is 1. The lowest BCUT2D eigenvalue weighted by Gasteiger charge is -2.31. The molecule has 0 amide bonds. The molecule has 1 aliphatic rings. The minimum Gasteiger partial charge on any atom is -0.399 e. The summed E-state index contributed by atoms with van der Waals surface area (Å²) in [6, 6.07) is 7.08. The molecule has 21 heavy (non-hydrogen) atoms. The van der Waals surface area contributed by atoms with E-state index in [-0.39, 0.29) is 5.75 Å². The molecule has 0 spiro atoms. The van der Waals surface area contributed by atoms with E-state index < -0.39 is 10.0 Å². The quantitative estimate of drug-likeness (QED) is 0.834. The first-order valence-electron chi connectivity index (χ1n) is 7.34. The van der Waals surface area contributed by atoms with Gasteiger partial charge in [0.15, 0.2) is 0 Å². The van der Waals surface area contributed by atoms with Crippen LogP contribution in [0.4, 0.5) is 5.69 Å². The number of anilines is 1. The lowest BCUT2D eigenvalue weighted by molar-refractivity contribution is 0.202. The summed E-state index contributed by atoms with van der Waals surface area (Å²) < 4.78 is 26.4. The Morgan fingerprint density at radius 3 is 2.62 bits per heavy atom. The zero-order valence-electron chi connectivity index (χ0n) is 12.8. The van der Waals surface area contributed by atoms with Crippen LogP contribution in [0.2, 0.25) is 0 Å². The highest BCUT2D eigenvalue weighted by molar-refractivity contribution is 7.88. The molecule has 1 saturated heterocycles. The van der Waals surface area contributed by atoms with E-state index in [2.05, 4.69) is 11.9 Å². The Balaban J connectivity index is 1.95. The van der Waals surface area contributed by atoms with Crippen LogP contribution >= 0.6 is 0 Å². The third kappa shape index (κ3) is 4.69. The van der Waals surface area contributed by atoms with Crippen molar-refractivity contribution in [1.29, 1.82) is 0 Å². The Morgan fingerprint density at radius 2 is 2.00 bits per heavy atom. The van der Waals surface area contributed by atoms with Crippen LogP contribution in [0, 0.1) is 5.92 Å². The van der Waals surface area contributed by atoms with Gasteiger partial charge in [0.1, 0.15) is 0 Å². The van der Waals surface area contributed by atoms with Gasteiger partial charge in [-0.2, -0.15) is 0 Å². The van der Waals surface area contributed by atoms with Crippen molar-refractivity contribution in [3.63, 3.8) is 0 Å². The first kappa shape index (κ1) is 16.3. The predicted octanol–water partition coefficient (Wildman–Crippen LogP) is 1.37. The zero-order chi connectivity index (χ0) is 15.5. The fourth-order valence-electron chi connectivity index (χ4n) is 2.73. The topological polar surface area (TPSA) is 66.6 Å². The Labute approximate surface area is 127 Å². The van der Waals surface area contributed by atoms with Gasteiger partial charge in [-0.3, -0.25) is 0 Å². The van der Waals surface area contributed by atoms with Crippen molar-refractivity contribution in [2.45, 2.75) is 18.6 Å². The van der Waals surface area contributed by atoms with Gasteiger partial charge in [0, 0.05) is 19.3 Å². The highest BCUT2D eigenvalue weighted by Gasteiger charge is 2.24. The summed E-state index contributed by atoms with van der Waals surface area (Å²) in [5.74, 6) is 0.475. The van der Waals surface area contributed by atoms with Crippen LogP contribution in [0.1, 0.15) is 18.4 Å². The monoisotopic (exact) mass is 311 g/mol. The van der Waals surface area contributed by atoms with E-state index in [1.165, 1.54) is 4.31 Å². The van der Waals surface area contributed by atoms with Crippen LogP contribution in [0.15, 0.2) is 24.3 Å². The summed E-state index contributed by atoms with van der Waals surface area (Å²) in [5.41, 5.74) is 7.04. The molecule has 1 aliphatic heterocycles. The van der Waals surface area contributed by atoms with Crippen molar-refractivity contribution in [2.24, 2.45) is 5.92 Å². The Bertz CT molecular complexity index is 566. The van der Waals surface area contributed by atoms with Gasteiger partial charge < -0.3 is 10.6 Å². The molecule has 0 radical (unpaired) electrons. The van der Waals surface area contributed by atoms with Gasteiger partial charge in [-0.15, -0.1) is 0 Å². The maximum absolute atomic E-state index is 12.4. The van der Waals surface area contributed by atoms with E-state index in [1.54, 1.807) is 31.3 Å².